The van der Waals surface area contributed by atoms with Gasteiger partial charge < -0.3 is 14.6 Å². The van der Waals surface area contributed by atoms with Gasteiger partial charge in [-0.3, -0.25) is 4.79 Å². The predicted molar refractivity (Wildman–Crippen MR) is 76.2 cm³/mol. The molecule has 1 unspecified atom stereocenters. The average Bonchev–Trinajstić information content (AvgIpc) is 2.43. The second kappa shape index (κ2) is 7.60. The number of hydrogen-bond acceptors (Lipinski definition) is 5. The minimum atomic E-state index is -4.01. The average molecular weight is 338 g/mol. The lowest BCUT2D eigenvalue weighted by Crippen LogP contribution is -2.41. The molecule has 1 aromatic rings. The van der Waals surface area contributed by atoms with Crippen molar-refractivity contribution in [1.82, 2.24) is 4.72 Å². The van der Waals surface area contributed by atoms with Crippen molar-refractivity contribution < 1.29 is 27.8 Å². The van der Waals surface area contributed by atoms with E-state index in [9.17, 15) is 13.2 Å². The molecule has 0 radical (unpaired) electrons. The van der Waals surface area contributed by atoms with Crippen molar-refractivity contribution >= 4 is 27.6 Å². The largest absolute Gasteiger partial charge is 0.495 e. The minimum absolute atomic E-state index is 0.00888. The number of nitrogens with one attached hydrogen (secondary N) is 1. The molecule has 0 heterocycles. The van der Waals surface area contributed by atoms with E-state index >= 15 is 0 Å². The molecule has 1 atom stereocenters. The Bertz CT molecular complexity index is 604. The first-order chi connectivity index (χ1) is 9.81. The molecule has 1 rings (SSSR count). The Morgan fingerprint density at radius 2 is 2.10 bits per heavy atom. The zero-order valence-corrected chi connectivity index (χ0v) is 13.1. The van der Waals surface area contributed by atoms with E-state index in [1.54, 1.807) is 0 Å². The Hall–Kier alpha value is -1.35. The van der Waals surface area contributed by atoms with Crippen molar-refractivity contribution in [2.24, 2.45) is 0 Å². The molecule has 118 valence electrons. The van der Waals surface area contributed by atoms with E-state index in [0.29, 0.717) is 5.75 Å². The van der Waals surface area contributed by atoms with E-state index in [2.05, 4.69) is 4.72 Å². The molecule has 0 spiro atoms. The molecular weight excluding hydrogens is 322 g/mol. The lowest BCUT2D eigenvalue weighted by atomic mass is 10.2. The zero-order chi connectivity index (χ0) is 16.0. The maximum Gasteiger partial charge on any atom is 0.321 e. The van der Waals surface area contributed by atoms with E-state index in [1.165, 1.54) is 32.4 Å². The number of methoxy groups -OCH3 is 2. The van der Waals surface area contributed by atoms with Gasteiger partial charge in [0.15, 0.2) is 0 Å². The highest BCUT2D eigenvalue weighted by atomic mass is 35.5. The number of sulfonamides is 1. The van der Waals surface area contributed by atoms with Crippen molar-refractivity contribution in [3.63, 3.8) is 0 Å². The van der Waals surface area contributed by atoms with Crippen LogP contribution < -0.4 is 9.46 Å². The third-order valence-electron chi connectivity index (χ3n) is 2.64. The van der Waals surface area contributed by atoms with Crippen molar-refractivity contribution in [3.8, 4) is 5.75 Å². The number of rotatable bonds is 8. The molecule has 7 nitrogen and oxygen atoms in total. The smallest absolute Gasteiger partial charge is 0.321 e. The number of carboxylic acid groups (broad SMARTS) is 1. The first-order valence-corrected chi connectivity index (χ1v) is 7.75. The number of carboxylic acids is 1. The van der Waals surface area contributed by atoms with Gasteiger partial charge in [0.2, 0.25) is 10.0 Å². The molecular formula is C12H16ClNO6S. The molecule has 0 fully saturated rings. The number of hydrogen-bond donors (Lipinski definition) is 2. The zero-order valence-electron chi connectivity index (χ0n) is 11.5. The maximum atomic E-state index is 12.1. The van der Waals surface area contributed by atoms with Crippen LogP contribution in [0.15, 0.2) is 23.1 Å². The molecule has 0 aliphatic rings. The summed E-state index contributed by atoms with van der Waals surface area (Å²) in [5.41, 5.74) is 0. The highest BCUT2D eigenvalue weighted by molar-refractivity contribution is 7.89. The molecule has 0 saturated carbocycles. The van der Waals surface area contributed by atoms with Gasteiger partial charge in [0, 0.05) is 13.7 Å². The van der Waals surface area contributed by atoms with E-state index in [4.69, 9.17) is 26.2 Å². The van der Waals surface area contributed by atoms with Crippen LogP contribution in [0.1, 0.15) is 6.42 Å². The van der Waals surface area contributed by atoms with Gasteiger partial charge in [-0.15, -0.1) is 0 Å². The van der Waals surface area contributed by atoms with Gasteiger partial charge in [-0.1, -0.05) is 11.6 Å². The number of carbonyl (C=O) groups is 1. The molecule has 0 amide bonds. The summed E-state index contributed by atoms with van der Waals surface area (Å²) < 4.78 is 36.1. The number of aliphatic carboxylic acids is 1. The highest BCUT2D eigenvalue weighted by Crippen LogP contribution is 2.26. The molecule has 0 aliphatic heterocycles. The third-order valence-corrected chi connectivity index (χ3v) is 4.40. The maximum absolute atomic E-state index is 12.1. The number of halogens is 1. The standard InChI is InChI=1S/C12H16ClNO6S/c1-19-6-5-10(12(15)16)14-21(17,18)8-3-4-11(20-2)9(13)7-8/h3-4,7,10,14H,5-6H2,1-2H3,(H,15,16). The highest BCUT2D eigenvalue weighted by Gasteiger charge is 2.25. The van der Waals surface area contributed by atoms with E-state index in [-0.39, 0.29) is 22.9 Å². The van der Waals surface area contributed by atoms with Crippen molar-refractivity contribution in [2.45, 2.75) is 17.4 Å². The summed E-state index contributed by atoms with van der Waals surface area (Å²) >= 11 is 5.86. The van der Waals surface area contributed by atoms with E-state index < -0.39 is 22.0 Å². The van der Waals surface area contributed by atoms with Gasteiger partial charge in [-0.25, -0.2) is 8.42 Å². The van der Waals surface area contributed by atoms with E-state index in [0.717, 1.165) is 0 Å². The predicted octanol–water partition coefficient (Wildman–Crippen LogP) is 1.12. The minimum Gasteiger partial charge on any atom is -0.495 e. The van der Waals surface area contributed by atoms with Crippen LogP contribution in [0.5, 0.6) is 5.75 Å². The summed E-state index contributed by atoms with van der Waals surface area (Å²) in [6, 6.07) is 2.58. The van der Waals surface area contributed by atoms with Crippen LogP contribution in [0.2, 0.25) is 5.02 Å². The molecule has 9 heteroatoms. The Morgan fingerprint density at radius 3 is 2.57 bits per heavy atom. The molecule has 0 bridgehead atoms. The van der Waals surface area contributed by atoms with Gasteiger partial charge >= 0.3 is 5.97 Å². The quantitative estimate of drug-likeness (QED) is 0.737. The number of benzene rings is 1. The second-order valence-corrected chi connectivity index (χ2v) is 6.21. The van der Waals surface area contributed by atoms with Crippen LogP contribution in [-0.2, 0) is 19.6 Å². The van der Waals surface area contributed by atoms with E-state index in [1.807, 2.05) is 0 Å². The third kappa shape index (κ3) is 4.85. The summed E-state index contributed by atoms with van der Waals surface area (Å²) in [6.07, 6.45) is 0.00888. The lowest BCUT2D eigenvalue weighted by Gasteiger charge is -2.15. The molecule has 0 aromatic heterocycles. The monoisotopic (exact) mass is 337 g/mol. The number of ether oxygens (including phenoxy) is 2. The van der Waals surface area contributed by atoms with Gasteiger partial charge in [0.25, 0.3) is 0 Å². The Morgan fingerprint density at radius 1 is 1.43 bits per heavy atom. The second-order valence-electron chi connectivity index (χ2n) is 4.09. The fourth-order valence-corrected chi connectivity index (χ4v) is 3.11. The summed E-state index contributed by atoms with van der Waals surface area (Å²) in [4.78, 5) is 10.9. The molecule has 21 heavy (non-hydrogen) atoms. The Kier molecular flexibility index (Phi) is 6.41. The molecule has 0 saturated heterocycles. The molecule has 1 aromatic carbocycles. The van der Waals surface area contributed by atoms with Gasteiger partial charge in [-0.2, -0.15) is 4.72 Å². The SMILES string of the molecule is COCCC(NS(=O)(=O)c1ccc(OC)c(Cl)c1)C(=O)O. The molecule has 0 aliphatic carbocycles. The van der Waals surface area contributed by atoms with Gasteiger partial charge in [0.1, 0.15) is 11.8 Å². The van der Waals surface area contributed by atoms with Crippen LogP contribution in [0.25, 0.3) is 0 Å². The summed E-state index contributed by atoms with van der Waals surface area (Å²) in [5.74, 6) is -0.958. The van der Waals surface area contributed by atoms with Crippen LogP contribution >= 0.6 is 11.6 Å². The topological polar surface area (TPSA) is 102 Å². The fraction of sp³-hybridized carbons (Fsp3) is 0.417. The Labute approximate surface area is 127 Å². The van der Waals surface area contributed by atoms with Crippen molar-refractivity contribution in [2.75, 3.05) is 20.8 Å². The summed E-state index contributed by atoms with van der Waals surface area (Å²) in [5, 5.41) is 9.13. The van der Waals surface area contributed by atoms with Crippen molar-refractivity contribution in [1.29, 1.82) is 0 Å². The van der Waals surface area contributed by atoms with Crippen LogP contribution in [0.3, 0.4) is 0 Å². The summed E-state index contributed by atoms with van der Waals surface area (Å²) in [6.45, 7) is 0.114. The molecule has 2 N–H and O–H groups in total. The van der Waals surface area contributed by atoms with Crippen LogP contribution in [0, 0.1) is 0 Å². The van der Waals surface area contributed by atoms with Crippen molar-refractivity contribution in [3.05, 3.63) is 23.2 Å². The normalized spacial score (nSPS) is 12.9. The first kappa shape index (κ1) is 17.7. The van der Waals surface area contributed by atoms with Crippen LogP contribution in [-0.4, -0.2) is 46.4 Å². The first-order valence-electron chi connectivity index (χ1n) is 5.89. The van der Waals surface area contributed by atoms with Gasteiger partial charge in [0.05, 0.1) is 17.0 Å². The van der Waals surface area contributed by atoms with Crippen LogP contribution in [0.4, 0.5) is 0 Å². The summed E-state index contributed by atoms with van der Waals surface area (Å²) in [7, 11) is -1.21. The Balaban J connectivity index is 2.99. The van der Waals surface area contributed by atoms with Gasteiger partial charge in [-0.05, 0) is 24.6 Å². The fourth-order valence-electron chi connectivity index (χ4n) is 1.54. The lowest BCUT2D eigenvalue weighted by molar-refractivity contribution is -0.139.